The van der Waals surface area contributed by atoms with Crippen molar-refractivity contribution < 1.29 is 4.79 Å². The van der Waals surface area contributed by atoms with E-state index < -0.39 is 0 Å². The van der Waals surface area contributed by atoms with E-state index in [0.29, 0.717) is 17.9 Å². The summed E-state index contributed by atoms with van der Waals surface area (Å²) >= 11 is 0. The van der Waals surface area contributed by atoms with E-state index in [-0.39, 0.29) is 11.8 Å². The zero-order valence-corrected chi connectivity index (χ0v) is 19.5. The molecule has 2 heterocycles. The minimum atomic E-state index is -0.0373. The van der Waals surface area contributed by atoms with Gasteiger partial charge in [0.25, 0.3) is 0 Å². The van der Waals surface area contributed by atoms with Gasteiger partial charge in [0.15, 0.2) is 0 Å². The van der Waals surface area contributed by atoms with Crippen LogP contribution in [0.25, 0.3) is 22.2 Å². The van der Waals surface area contributed by atoms with Gasteiger partial charge in [0.2, 0.25) is 5.91 Å². The van der Waals surface area contributed by atoms with Gasteiger partial charge in [-0.05, 0) is 47.7 Å². The average Bonchev–Trinajstić information content (AvgIpc) is 3.66. The highest BCUT2D eigenvalue weighted by molar-refractivity contribution is 6.07. The van der Waals surface area contributed by atoms with Gasteiger partial charge in [0.1, 0.15) is 5.82 Å². The summed E-state index contributed by atoms with van der Waals surface area (Å²) in [7, 11) is 0. The summed E-state index contributed by atoms with van der Waals surface area (Å²) in [4.78, 5) is 16.7. The molecule has 3 aromatic carbocycles. The Balaban J connectivity index is 1.33. The average molecular weight is 460 g/mol. The monoisotopic (exact) mass is 459 g/mol. The molecular formula is C29H25N5O. The maximum atomic E-state index is 11.7. The van der Waals surface area contributed by atoms with Gasteiger partial charge in [0, 0.05) is 30.4 Å². The van der Waals surface area contributed by atoms with Crippen LogP contribution in [0.2, 0.25) is 0 Å². The lowest BCUT2D eigenvalue weighted by atomic mass is 9.94. The quantitative estimate of drug-likeness (QED) is 0.436. The van der Waals surface area contributed by atoms with Crippen molar-refractivity contribution in [3.63, 3.8) is 0 Å². The molecule has 0 saturated heterocycles. The smallest absolute Gasteiger partial charge is 0.240 e. The third-order valence-electron chi connectivity index (χ3n) is 6.93. The molecule has 35 heavy (non-hydrogen) atoms. The molecule has 1 N–H and O–H groups in total. The number of hydrogen-bond donors (Lipinski definition) is 1. The number of carbonyl (C=O) groups is 1. The number of amides is 1. The molecule has 1 aliphatic heterocycles. The lowest BCUT2D eigenvalue weighted by Crippen LogP contribution is -2.31. The summed E-state index contributed by atoms with van der Waals surface area (Å²) in [6, 6.07) is 24.8. The number of fused-ring (bicyclic) bond motifs is 1. The predicted molar refractivity (Wildman–Crippen MR) is 136 cm³/mol. The first kappa shape index (κ1) is 21.3. The summed E-state index contributed by atoms with van der Waals surface area (Å²) in [5.41, 5.74) is 10.5. The molecular weight excluding hydrogens is 434 g/mol. The van der Waals surface area contributed by atoms with Crippen molar-refractivity contribution in [1.82, 2.24) is 15.0 Å². The van der Waals surface area contributed by atoms with E-state index in [9.17, 15) is 10.1 Å². The van der Waals surface area contributed by atoms with Crippen LogP contribution in [0.5, 0.6) is 0 Å². The van der Waals surface area contributed by atoms with Gasteiger partial charge in [-0.1, -0.05) is 55.5 Å². The van der Waals surface area contributed by atoms with Crippen LogP contribution in [0.4, 0.5) is 0 Å². The molecule has 1 aliphatic carbocycles. The Hall–Kier alpha value is -4.24. The van der Waals surface area contributed by atoms with Crippen molar-refractivity contribution in [3.05, 3.63) is 89.2 Å². The second-order valence-electron chi connectivity index (χ2n) is 9.53. The third kappa shape index (κ3) is 4.00. The van der Waals surface area contributed by atoms with Crippen molar-refractivity contribution in [2.24, 2.45) is 11.0 Å². The van der Waals surface area contributed by atoms with Crippen LogP contribution in [0, 0.1) is 17.2 Å². The van der Waals surface area contributed by atoms with Crippen molar-refractivity contribution in [2.75, 3.05) is 0 Å². The normalized spacial score (nSPS) is 17.7. The van der Waals surface area contributed by atoms with E-state index in [1.807, 2.05) is 31.2 Å². The van der Waals surface area contributed by atoms with Gasteiger partial charge in [-0.3, -0.25) is 4.79 Å². The molecule has 0 radical (unpaired) electrons. The molecule has 0 spiro atoms. The molecule has 4 aromatic rings. The fraction of sp³-hybridized carbons (Fsp3) is 0.241. The number of hydrazone groups is 1. The first-order valence-corrected chi connectivity index (χ1v) is 12.1. The van der Waals surface area contributed by atoms with Crippen LogP contribution in [0.3, 0.4) is 0 Å². The minimum Gasteiger partial charge on any atom is -0.323 e. The Labute approximate surface area is 203 Å². The highest BCUT2D eigenvalue weighted by Gasteiger charge is 2.30. The maximum absolute atomic E-state index is 11.7. The zero-order chi connectivity index (χ0) is 23.9. The summed E-state index contributed by atoms with van der Waals surface area (Å²) in [5, 5.41) is 13.8. The Morgan fingerprint density at radius 1 is 1.06 bits per heavy atom. The van der Waals surface area contributed by atoms with Crippen LogP contribution in [-0.2, 0) is 11.3 Å². The summed E-state index contributed by atoms with van der Waals surface area (Å²) in [5.74, 6) is 1.70. The molecule has 1 amide bonds. The van der Waals surface area contributed by atoms with Crippen molar-refractivity contribution in [1.29, 1.82) is 5.26 Å². The van der Waals surface area contributed by atoms with Crippen molar-refractivity contribution in [3.8, 4) is 17.2 Å². The topological polar surface area (TPSA) is 83.1 Å². The number of nitrogens with zero attached hydrogens (tertiary/aromatic N) is 4. The molecule has 0 bridgehead atoms. The first-order valence-electron chi connectivity index (χ1n) is 12.1. The van der Waals surface area contributed by atoms with Gasteiger partial charge in [-0.15, -0.1) is 0 Å². The molecule has 6 rings (SSSR count). The number of nitriles is 1. The summed E-state index contributed by atoms with van der Waals surface area (Å²) < 4.78 is 2.34. The first-order chi connectivity index (χ1) is 17.1. The van der Waals surface area contributed by atoms with E-state index in [2.05, 4.69) is 63.6 Å². The van der Waals surface area contributed by atoms with Gasteiger partial charge in [-0.2, -0.15) is 10.4 Å². The number of benzene rings is 3. The predicted octanol–water partition coefficient (Wildman–Crippen LogP) is 5.36. The number of aromatic nitrogens is 2. The highest BCUT2D eigenvalue weighted by Crippen LogP contribution is 2.41. The molecule has 172 valence electrons. The number of rotatable bonds is 5. The Morgan fingerprint density at radius 2 is 1.83 bits per heavy atom. The van der Waals surface area contributed by atoms with E-state index in [1.54, 1.807) is 0 Å². The Morgan fingerprint density at radius 3 is 2.57 bits per heavy atom. The van der Waals surface area contributed by atoms with Gasteiger partial charge in [0.05, 0.1) is 28.4 Å². The Kier molecular flexibility index (Phi) is 5.18. The van der Waals surface area contributed by atoms with Crippen molar-refractivity contribution in [2.45, 2.75) is 38.6 Å². The Bertz CT molecular complexity index is 1520. The van der Waals surface area contributed by atoms with Gasteiger partial charge < -0.3 is 4.57 Å². The van der Waals surface area contributed by atoms with Crippen LogP contribution >= 0.6 is 0 Å². The highest BCUT2D eigenvalue weighted by atomic mass is 16.2. The second-order valence-corrected chi connectivity index (χ2v) is 9.53. The van der Waals surface area contributed by atoms with Crippen LogP contribution < -0.4 is 5.43 Å². The fourth-order valence-corrected chi connectivity index (χ4v) is 4.93. The number of nitrogens with one attached hydrogen (secondary N) is 1. The SMILES string of the molecule is CC1CC(=O)NN=C1c1ccc2c(c1)nc(C1CC1)n2Cc1ccc(-c2ccccc2C#N)cc1. The minimum absolute atomic E-state index is 0.0373. The van der Waals surface area contributed by atoms with Gasteiger partial charge in [-0.25, -0.2) is 10.4 Å². The molecule has 6 heteroatoms. The number of carbonyl (C=O) groups excluding carboxylic acids is 1. The largest absolute Gasteiger partial charge is 0.323 e. The molecule has 1 unspecified atom stereocenters. The zero-order valence-electron chi connectivity index (χ0n) is 19.5. The standard InChI is InChI=1S/C29H25N5O/c1-18-14-27(35)32-33-28(18)22-12-13-26-25(15-22)31-29(21-10-11-21)34(26)17-19-6-8-20(9-7-19)24-5-3-2-4-23(24)16-30/h2-9,12-13,15,18,21H,10-11,14,17H2,1H3,(H,32,35). The third-order valence-corrected chi connectivity index (χ3v) is 6.93. The molecule has 6 nitrogen and oxygen atoms in total. The van der Waals surface area contributed by atoms with Crippen molar-refractivity contribution >= 4 is 22.7 Å². The maximum Gasteiger partial charge on any atom is 0.240 e. The van der Waals surface area contributed by atoms with E-state index in [4.69, 9.17) is 4.98 Å². The van der Waals surface area contributed by atoms with E-state index in [1.165, 1.54) is 18.4 Å². The van der Waals surface area contributed by atoms with Crippen LogP contribution in [0.15, 0.2) is 71.8 Å². The number of hydrogen-bond acceptors (Lipinski definition) is 4. The summed E-state index contributed by atoms with van der Waals surface area (Å²) in [6.07, 6.45) is 2.80. The van der Waals surface area contributed by atoms with E-state index in [0.717, 1.165) is 45.8 Å². The fourth-order valence-electron chi connectivity index (χ4n) is 4.93. The molecule has 1 atom stereocenters. The molecule has 1 saturated carbocycles. The second kappa shape index (κ2) is 8.52. The lowest BCUT2D eigenvalue weighted by molar-refractivity contribution is -0.121. The molecule has 1 fully saturated rings. The molecule has 1 aromatic heterocycles. The summed E-state index contributed by atoms with van der Waals surface area (Å²) in [6.45, 7) is 2.78. The molecule has 2 aliphatic rings. The van der Waals surface area contributed by atoms with Crippen LogP contribution in [0.1, 0.15) is 54.6 Å². The van der Waals surface area contributed by atoms with Gasteiger partial charge >= 0.3 is 0 Å². The lowest BCUT2D eigenvalue weighted by Gasteiger charge is -2.19. The van der Waals surface area contributed by atoms with E-state index >= 15 is 0 Å². The van der Waals surface area contributed by atoms with Crippen LogP contribution in [-0.4, -0.2) is 21.2 Å². The number of imidazole rings is 1.